The first-order valence-electron chi connectivity index (χ1n) is 8.04. The second kappa shape index (κ2) is 4.21. The van der Waals surface area contributed by atoms with E-state index in [9.17, 15) is 4.79 Å². The average molecular weight is 244 g/mol. The van der Waals surface area contributed by atoms with Crippen LogP contribution in [0, 0.1) is 35.5 Å². The normalized spacial score (nSPS) is 50.6. The third-order valence-electron chi connectivity index (χ3n) is 6.48. The molecule has 0 aromatic rings. The van der Waals surface area contributed by atoms with Gasteiger partial charge in [0.15, 0.2) is 0 Å². The fraction of sp³-hybridized carbons (Fsp3) is 0.824. The van der Waals surface area contributed by atoms with Crippen molar-refractivity contribution in [1.82, 2.24) is 0 Å². The Hall–Kier alpha value is -0.590. The van der Waals surface area contributed by atoms with Gasteiger partial charge in [0.1, 0.15) is 5.78 Å². The van der Waals surface area contributed by atoms with Gasteiger partial charge >= 0.3 is 0 Å². The Balaban J connectivity index is 1.61. The predicted octanol–water partition coefficient (Wildman–Crippen LogP) is 3.98. The molecular weight excluding hydrogens is 220 g/mol. The molecule has 0 amide bonds. The van der Waals surface area contributed by atoms with Crippen LogP contribution < -0.4 is 0 Å². The van der Waals surface area contributed by atoms with Gasteiger partial charge in [-0.25, -0.2) is 0 Å². The lowest BCUT2D eigenvalue weighted by Crippen LogP contribution is -2.46. The molecule has 6 atom stereocenters. The average Bonchev–Trinajstić information content (AvgIpc) is 2.86. The van der Waals surface area contributed by atoms with Gasteiger partial charge in [-0.15, -0.1) is 0 Å². The number of hydrogen-bond acceptors (Lipinski definition) is 1. The van der Waals surface area contributed by atoms with E-state index in [4.69, 9.17) is 0 Å². The van der Waals surface area contributed by atoms with Crippen molar-refractivity contribution in [2.45, 2.75) is 51.4 Å². The summed E-state index contributed by atoms with van der Waals surface area (Å²) in [6, 6.07) is 0. The standard InChI is InChI=1S/C17H24O/c18-16-6-2-4-12-8-9-14-13-5-1-3-11(13)7-10-15(14)17(12)16/h1,3,11-15,17H,2,4-10H2. The van der Waals surface area contributed by atoms with Crippen molar-refractivity contribution >= 4 is 5.78 Å². The number of rotatable bonds is 0. The van der Waals surface area contributed by atoms with Crippen molar-refractivity contribution in [2.24, 2.45) is 35.5 Å². The first kappa shape index (κ1) is 11.3. The molecule has 0 saturated heterocycles. The van der Waals surface area contributed by atoms with Crippen molar-refractivity contribution in [1.29, 1.82) is 0 Å². The number of Topliss-reactive ketones (excluding diaryl/α,β-unsaturated/α-hetero) is 1. The van der Waals surface area contributed by atoms with Gasteiger partial charge in [-0.05, 0) is 74.5 Å². The minimum Gasteiger partial charge on any atom is -0.299 e. The highest BCUT2D eigenvalue weighted by Crippen LogP contribution is 2.55. The van der Waals surface area contributed by atoms with Gasteiger partial charge in [-0.3, -0.25) is 4.79 Å². The van der Waals surface area contributed by atoms with Crippen LogP contribution in [0.5, 0.6) is 0 Å². The fourth-order valence-corrected chi connectivity index (χ4v) is 5.79. The summed E-state index contributed by atoms with van der Waals surface area (Å²) in [7, 11) is 0. The van der Waals surface area contributed by atoms with Gasteiger partial charge in [0, 0.05) is 12.3 Å². The Bertz CT molecular complexity index is 383. The Morgan fingerprint density at radius 2 is 1.83 bits per heavy atom. The van der Waals surface area contributed by atoms with Crippen LogP contribution in [0.2, 0.25) is 0 Å². The highest BCUT2D eigenvalue weighted by Gasteiger charge is 2.49. The number of allylic oxidation sites excluding steroid dienone is 2. The molecule has 0 spiro atoms. The lowest BCUT2D eigenvalue weighted by molar-refractivity contribution is -0.135. The minimum absolute atomic E-state index is 0.471. The molecule has 0 aromatic heterocycles. The molecular formula is C17H24O. The van der Waals surface area contributed by atoms with Crippen LogP contribution in [0.3, 0.4) is 0 Å². The SMILES string of the molecule is O=C1CCCC2CCC3C4CC=CC4CCC3C12. The van der Waals surface area contributed by atoms with Crippen LogP contribution in [0.15, 0.2) is 12.2 Å². The molecule has 3 fully saturated rings. The molecule has 18 heavy (non-hydrogen) atoms. The maximum absolute atomic E-state index is 12.4. The molecule has 3 saturated carbocycles. The van der Waals surface area contributed by atoms with Gasteiger partial charge in [-0.1, -0.05) is 12.2 Å². The van der Waals surface area contributed by atoms with Crippen molar-refractivity contribution in [3.63, 3.8) is 0 Å². The number of carbonyl (C=O) groups excluding carboxylic acids is 1. The Morgan fingerprint density at radius 1 is 0.944 bits per heavy atom. The van der Waals surface area contributed by atoms with E-state index in [1.165, 1.54) is 44.9 Å². The zero-order valence-electron chi connectivity index (χ0n) is 11.2. The molecule has 0 N–H and O–H groups in total. The molecule has 0 aliphatic heterocycles. The topological polar surface area (TPSA) is 17.1 Å². The van der Waals surface area contributed by atoms with Crippen LogP contribution >= 0.6 is 0 Å². The van der Waals surface area contributed by atoms with E-state index in [-0.39, 0.29) is 0 Å². The largest absolute Gasteiger partial charge is 0.299 e. The Morgan fingerprint density at radius 3 is 2.78 bits per heavy atom. The maximum Gasteiger partial charge on any atom is 0.136 e. The third-order valence-corrected chi connectivity index (χ3v) is 6.48. The summed E-state index contributed by atoms with van der Waals surface area (Å²) in [5, 5.41) is 0. The molecule has 98 valence electrons. The first-order chi connectivity index (χ1) is 8.84. The molecule has 4 aliphatic rings. The van der Waals surface area contributed by atoms with Gasteiger partial charge in [0.25, 0.3) is 0 Å². The predicted molar refractivity (Wildman–Crippen MR) is 72.0 cm³/mol. The van der Waals surface area contributed by atoms with E-state index >= 15 is 0 Å². The van der Waals surface area contributed by atoms with Gasteiger partial charge in [0.05, 0.1) is 0 Å². The molecule has 0 heterocycles. The van der Waals surface area contributed by atoms with E-state index in [0.717, 1.165) is 36.0 Å². The minimum atomic E-state index is 0.471. The molecule has 1 heteroatoms. The Kier molecular flexibility index (Phi) is 2.63. The second-order valence-electron chi connectivity index (χ2n) is 7.12. The summed E-state index contributed by atoms with van der Waals surface area (Å²) in [4.78, 5) is 12.4. The first-order valence-corrected chi connectivity index (χ1v) is 8.04. The van der Waals surface area contributed by atoms with Crippen LogP contribution in [0.25, 0.3) is 0 Å². The quantitative estimate of drug-likeness (QED) is 0.589. The monoisotopic (exact) mass is 244 g/mol. The molecule has 1 nitrogen and oxygen atoms in total. The lowest BCUT2D eigenvalue weighted by atomic mass is 9.53. The van der Waals surface area contributed by atoms with E-state index in [0.29, 0.717) is 11.7 Å². The van der Waals surface area contributed by atoms with Crippen molar-refractivity contribution in [3.8, 4) is 0 Å². The van der Waals surface area contributed by atoms with Crippen LogP contribution in [0.4, 0.5) is 0 Å². The van der Waals surface area contributed by atoms with E-state index in [1.54, 1.807) is 0 Å². The summed E-state index contributed by atoms with van der Waals surface area (Å²) >= 11 is 0. The zero-order chi connectivity index (χ0) is 12.1. The van der Waals surface area contributed by atoms with E-state index < -0.39 is 0 Å². The lowest BCUT2D eigenvalue weighted by Gasteiger charge is -2.50. The number of hydrogen-bond donors (Lipinski definition) is 0. The van der Waals surface area contributed by atoms with E-state index in [1.807, 2.05) is 0 Å². The van der Waals surface area contributed by atoms with E-state index in [2.05, 4.69) is 12.2 Å². The van der Waals surface area contributed by atoms with Crippen molar-refractivity contribution in [2.75, 3.05) is 0 Å². The second-order valence-corrected chi connectivity index (χ2v) is 7.12. The van der Waals surface area contributed by atoms with Crippen molar-refractivity contribution in [3.05, 3.63) is 12.2 Å². The molecule has 0 aromatic carbocycles. The molecule has 6 unspecified atom stereocenters. The van der Waals surface area contributed by atoms with Gasteiger partial charge in [-0.2, -0.15) is 0 Å². The number of fused-ring (bicyclic) bond motifs is 5. The number of ketones is 1. The summed E-state index contributed by atoms with van der Waals surface area (Å²) in [6.07, 6.45) is 15.0. The summed E-state index contributed by atoms with van der Waals surface area (Å²) in [5.74, 6) is 5.27. The van der Waals surface area contributed by atoms with Crippen LogP contribution in [0.1, 0.15) is 51.4 Å². The fourth-order valence-electron chi connectivity index (χ4n) is 5.79. The van der Waals surface area contributed by atoms with Crippen LogP contribution in [-0.4, -0.2) is 5.78 Å². The Labute approximate surface area is 110 Å². The molecule has 4 rings (SSSR count). The highest BCUT2D eigenvalue weighted by molar-refractivity contribution is 5.82. The van der Waals surface area contributed by atoms with Gasteiger partial charge < -0.3 is 0 Å². The molecule has 4 aliphatic carbocycles. The van der Waals surface area contributed by atoms with Gasteiger partial charge in [0.2, 0.25) is 0 Å². The highest BCUT2D eigenvalue weighted by atomic mass is 16.1. The summed E-state index contributed by atoms with van der Waals surface area (Å²) < 4.78 is 0. The molecule has 0 radical (unpaired) electrons. The molecule has 0 bridgehead atoms. The number of carbonyl (C=O) groups is 1. The smallest absolute Gasteiger partial charge is 0.136 e. The maximum atomic E-state index is 12.4. The van der Waals surface area contributed by atoms with Crippen molar-refractivity contribution < 1.29 is 4.79 Å². The van der Waals surface area contributed by atoms with Crippen LogP contribution in [-0.2, 0) is 4.79 Å². The zero-order valence-corrected chi connectivity index (χ0v) is 11.2. The summed E-state index contributed by atoms with van der Waals surface area (Å²) in [5.41, 5.74) is 0. The summed E-state index contributed by atoms with van der Waals surface area (Å²) in [6.45, 7) is 0. The third kappa shape index (κ3) is 1.55.